The Morgan fingerprint density at radius 1 is 1.39 bits per heavy atom. The van der Waals surface area contributed by atoms with Gasteiger partial charge >= 0.3 is 5.69 Å². The summed E-state index contributed by atoms with van der Waals surface area (Å²) in [5.41, 5.74) is -0.509. The number of amides is 2. The molecule has 0 saturated carbocycles. The van der Waals surface area contributed by atoms with Gasteiger partial charge in [-0.2, -0.15) is 9.36 Å². The third-order valence-electron chi connectivity index (χ3n) is 2.97. The van der Waals surface area contributed by atoms with Crippen molar-refractivity contribution in [3.8, 4) is 5.00 Å². The maximum Gasteiger partial charge on any atom is 0.369 e. The summed E-state index contributed by atoms with van der Waals surface area (Å²) in [7, 11) is 0. The van der Waals surface area contributed by atoms with Crippen molar-refractivity contribution in [2.75, 3.05) is 6.54 Å². The summed E-state index contributed by atoms with van der Waals surface area (Å²) >= 11 is 1.34. The van der Waals surface area contributed by atoms with Crippen LogP contribution in [0.2, 0.25) is 0 Å². The van der Waals surface area contributed by atoms with Gasteiger partial charge in [0, 0.05) is 6.54 Å². The minimum Gasteiger partial charge on any atom is -0.354 e. The second-order valence-electron chi connectivity index (χ2n) is 4.86. The van der Waals surface area contributed by atoms with Crippen LogP contribution in [0.25, 0.3) is 5.00 Å². The fourth-order valence-electron chi connectivity index (χ4n) is 1.79. The van der Waals surface area contributed by atoms with Crippen LogP contribution in [0, 0.1) is 0 Å². The second kappa shape index (κ2) is 7.68. The van der Waals surface area contributed by atoms with Gasteiger partial charge in [0.15, 0.2) is 0 Å². The molecule has 0 radical (unpaired) electrons. The summed E-state index contributed by atoms with van der Waals surface area (Å²) in [5.74, 6) is -0.751. The minimum absolute atomic E-state index is 0.269. The average molecular weight is 338 g/mol. The molecule has 2 N–H and O–H groups in total. The number of aromatic nitrogens is 4. The summed E-state index contributed by atoms with van der Waals surface area (Å²) in [6.45, 7) is 3.77. The molecule has 0 aliphatic carbocycles. The monoisotopic (exact) mass is 338 g/mol. The quantitative estimate of drug-likeness (QED) is 0.708. The van der Waals surface area contributed by atoms with Gasteiger partial charge in [0.25, 0.3) is 0 Å². The van der Waals surface area contributed by atoms with Gasteiger partial charge < -0.3 is 10.6 Å². The minimum atomic E-state index is -0.683. The zero-order chi connectivity index (χ0) is 16.8. The highest BCUT2D eigenvalue weighted by Crippen LogP contribution is 2.10. The molecule has 0 fully saturated rings. The molecule has 9 nitrogen and oxygen atoms in total. The van der Waals surface area contributed by atoms with Gasteiger partial charge in [-0.1, -0.05) is 6.92 Å². The first-order valence-electron chi connectivity index (χ1n) is 7.16. The molecule has 0 aromatic carbocycles. The Hall–Kier alpha value is -2.49. The van der Waals surface area contributed by atoms with E-state index in [2.05, 4.69) is 21.1 Å². The topological polar surface area (TPSA) is 111 Å². The van der Waals surface area contributed by atoms with Crippen LogP contribution in [0.1, 0.15) is 20.3 Å². The number of hydrogen-bond donors (Lipinski definition) is 2. The molecular weight excluding hydrogens is 320 g/mol. The standard InChI is InChI=1S/C13H18N6O3S/c1-3-6-14-12(21)9(2)15-10(20)8-18-13(22)19(17-16-18)11-5-4-7-23-11/h4-5,7,9H,3,6,8H2,1-2H3,(H,14,21)(H,15,20)/t9-/m0/s1. The average Bonchev–Trinajstić information content (AvgIpc) is 3.15. The number of tetrazole rings is 1. The van der Waals surface area contributed by atoms with Crippen LogP contribution in [0.3, 0.4) is 0 Å². The van der Waals surface area contributed by atoms with E-state index < -0.39 is 17.6 Å². The maximum atomic E-state index is 12.1. The molecule has 0 aliphatic heterocycles. The Labute approximate surface area is 136 Å². The molecule has 0 saturated heterocycles. The number of carbonyl (C=O) groups is 2. The van der Waals surface area contributed by atoms with Crippen molar-refractivity contribution in [1.29, 1.82) is 0 Å². The fraction of sp³-hybridized carbons (Fsp3) is 0.462. The van der Waals surface area contributed by atoms with E-state index in [1.165, 1.54) is 11.3 Å². The molecule has 124 valence electrons. The van der Waals surface area contributed by atoms with Gasteiger partial charge in [-0.3, -0.25) is 9.59 Å². The molecule has 2 aromatic heterocycles. The zero-order valence-electron chi connectivity index (χ0n) is 12.9. The van der Waals surface area contributed by atoms with E-state index in [-0.39, 0.29) is 12.5 Å². The molecular formula is C13H18N6O3S. The van der Waals surface area contributed by atoms with E-state index in [9.17, 15) is 14.4 Å². The van der Waals surface area contributed by atoms with Crippen LogP contribution in [0.15, 0.2) is 22.3 Å². The predicted molar refractivity (Wildman–Crippen MR) is 84.4 cm³/mol. The Morgan fingerprint density at radius 3 is 2.83 bits per heavy atom. The predicted octanol–water partition coefficient (Wildman–Crippen LogP) is -0.479. The molecule has 2 aromatic rings. The smallest absolute Gasteiger partial charge is 0.354 e. The highest BCUT2D eigenvalue weighted by molar-refractivity contribution is 7.12. The summed E-state index contributed by atoms with van der Waals surface area (Å²) in [5, 5.41) is 15.0. The zero-order valence-corrected chi connectivity index (χ0v) is 13.7. The summed E-state index contributed by atoms with van der Waals surface area (Å²) in [4.78, 5) is 35.7. The number of hydrogen-bond acceptors (Lipinski definition) is 6. The van der Waals surface area contributed by atoms with E-state index in [4.69, 9.17) is 0 Å². The fourth-order valence-corrected chi connectivity index (χ4v) is 2.46. The SMILES string of the molecule is CCCNC(=O)[C@H](C)NC(=O)Cn1nnn(-c2cccs2)c1=O. The van der Waals surface area contributed by atoms with Crippen LogP contribution < -0.4 is 16.3 Å². The molecule has 0 aliphatic rings. The molecule has 2 amide bonds. The van der Waals surface area contributed by atoms with Gasteiger partial charge in [0.05, 0.1) is 0 Å². The van der Waals surface area contributed by atoms with Crippen molar-refractivity contribution in [3.63, 3.8) is 0 Å². The van der Waals surface area contributed by atoms with Crippen molar-refractivity contribution >= 4 is 23.2 Å². The third-order valence-corrected chi connectivity index (χ3v) is 3.81. The number of rotatable bonds is 7. The summed E-state index contributed by atoms with van der Waals surface area (Å²) in [6.07, 6.45) is 0.813. The lowest BCUT2D eigenvalue weighted by atomic mass is 10.3. The molecule has 0 bridgehead atoms. The molecule has 1 atom stereocenters. The molecule has 0 spiro atoms. The van der Waals surface area contributed by atoms with E-state index in [0.717, 1.165) is 15.8 Å². The van der Waals surface area contributed by atoms with Gasteiger partial charge in [0.1, 0.15) is 17.6 Å². The van der Waals surface area contributed by atoms with E-state index in [0.29, 0.717) is 11.5 Å². The van der Waals surface area contributed by atoms with Crippen molar-refractivity contribution in [1.82, 2.24) is 30.4 Å². The Morgan fingerprint density at radius 2 is 2.17 bits per heavy atom. The lowest BCUT2D eigenvalue weighted by Gasteiger charge is -2.13. The van der Waals surface area contributed by atoms with Crippen LogP contribution in [-0.2, 0) is 16.1 Å². The van der Waals surface area contributed by atoms with Crippen LogP contribution in [-0.4, -0.2) is 44.2 Å². The Bertz CT molecular complexity index is 720. The molecule has 23 heavy (non-hydrogen) atoms. The van der Waals surface area contributed by atoms with Crippen molar-refractivity contribution in [2.24, 2.45) is 0 Å². The molecule has 10 heteroatoms. The van der Waals surface area contributed by atoms with Crippen LogP contribution in [0.4, 0.5) is 0 Å². The number of nitrogens with one attached hydrogen (secondary N) is 2. The van der Waals surface area contributed by atoms with Crippen molar-refractivity contribution < 1.29 is 9.59 Å². The Kier molecular flexibility index (Phi) is 5.63. The van der Waals surface area contributed by atoms with Gasteiger partial charge in [-0.05, 0) is 41.3 Å². The largest absolute Gasteiger partial charge is 0.369 e. The normalized spacial score (nSPS) is 11.9. The maximum absolute atomic E-state index is 12.1. The number of thiophene rings is 1. The summed E-state index contributed by atoms with van der Waals surface area (Å²) in [6, 6.07) is 2.83. The first-order valence-corrected chi connectivity index (χ1v) is 8.04. The highest BCUT2D eigenvalue weighted by Gasteiger charge is 2.17. The number of carbonyl (C=O) groups excluding carboxylic acids is 2. The van der Waals surface area contributed by atoms with E-state index >= 15 is 0 Å². The van der Waals surface area contributed by atoms with E-state index in [1.807, 2.05) is 12.3 Å². The van der Waals surface area contributed by atoms with Crippen LogP contribution >= 0.6 is 11.3 Å². The van der Waals surface area contributed by atoms with Gasteiger partial charge in [-0.25, -0.2) is 4.79 Å². The number of nitrogens with zero attached hydrogens (tertiary/aromatic N) is 4. The molecule has 2 heterocycles. The second-order valence-corrected chi connectivity index (χ2v) is 5.79. The van der Waals surface area contributed by atoms with Gasteiger partial charge in [-0.15, -0.1) is 11.3 Å². The Balaban J connectivity index is 1.96. The van der Waals surface area contributed by atoms with Gasteiger partial charge in [0.2, 0.25) is 11.8 Å². The van der Waals surface area contributed by atoms with Crippen LogP contribution in [0.5, 0.6) is 0 Å². The lowest BCUT2D eigenvalue weighted by molar-refractivity contribution is -0.129. The first-order chi connectivity index (χ1) is 11.0. The highest BCUT2D eigenvalue weighted by atomic mass is 32.1. The molecule has 2 rings (SSSR count). The third kappa shape index (κ3) is 4.25. The summed E-state index contributed by atoms with van der Waals surface area (Å²) < 4.78 is 2.07. The molecule has 0 unspecified atom stereocenters. The first kappa shape index (κ1) is 16.9. The van der Waals surface area contributed by atoms with Crippen molar-refractivity contribution in [2.45, 2.75) is 32.9 Å². The van der Waals surface area contributed by atoms with E-state index in [1.54, 1.807) is 19.1 Å². The lowest BCUT2D eigenvalue weighted by Crippen LogP contribution is -2.46. The van der Waals surface area contributed by atoms with Crippen molar-refractivity contribution in [3.05, 3.63) is 28.0 Å².